The molecule has 0 unspecified atom stereocenters. The van der Waals surface area contributed by atoms with Crippen LogP contribution in [0.25, 0.3) is 0 Å². The van der Waals surface area contributed by atoms with Gasteiger partial charge in [-0.15, -0.1) is 11.8 Å². The average Bonchev–Trinajstić information content (AvgIpc) is 2.12. The van der Waals surface area contributed by atoms with Crippen molar-refractivity contribution >= 4 is 29.6 Å². The predicted octanol–water partition coefficient (Wildman–Crippen LogP) is 0.126. The molecule has 0 aliphatic rings. The van der Waals surface area contributed by atoms with Crippen LogP contribution in [0.5, 0.6) is 0 Å². The molecule has 0 aromatic heterocycles. The van der Waals surface area contributed by atoms with Gasteiger partial charge in [0.15, 0.2) is 0 Å². The Bertz CT molecular complexity index is 279. The molecule has 0 aromatic carbocycles. The molecule has 0 bridgehead atoms. The van der Waals surface area contributed by atoms with E-state index in [-0.39, 0.29) is 30.0 Å². The molecule has 0 atom stereocenters. The largest absolute Gasteiger partial charge is 0.481 e. The summed E-state index contributed by atoms with van der Waals surface area (Å²) in [7, 11) is 0. The lowest BCUT2D eigenvalue weighted by Gasteiger charge is -2.24. The quantitative estimate of drug-likeness (QED) is 0.665. The normalized spacial score (nSPS) is 10.2. The summed E-state index contributed by atoms with van der Waals surface area (Å²) in [5.74, 6) is -2.61. The van der Waals surface area contributed by atoms with E-state index in [0.29, 0.717) is 0 Å². The number of carbonyl (C=O) groups is 3. The minimum atomic E-state index is -1.08. The average molecular weight is 249 g/mol. The Balaban J connectivity index is 4.17. The molecule has 6 nitrogen and oxygen atoms in total. The van der Waals surface area contributed by atoms with E-state index >= 15 is 0 Å². The first-order valence-corrected chi connectivity index (χ1v) is 5.81. The fourth-order valence-corrected chi connectivity index (χ4v) is 1.63. The molecule has 0 aliphatic carbocycles. The monoisotopic (exact) mass is 249 g/mol. The minimum absolute atomic E-state index is 0.0161. The molecular weight excluding hydrogens is 234 g/mol. The van der Waals surface area contributed by atoms with Crippen LogP contribution >= 0.6 is 11.8 Å². The van der Waals surface area contributed by atoms with Crippen molar-refractivity contribution in [1.29, 1.82) is 0 Å². The number of thioether (sulfide) groups is 1. The molecule has 0 aliphatic heterocycles. The molecule has 0 rings (SSSR count). The minimum Gasteiger partial charge on any atom is -0.481 e. The second kappa shape index (κ2) is 7.10. The summed E-state index contributed by atoms with van der Waals surface area (Å²) in [5.41, 5.74) is 0. The van der Waals surface area contributed by atoms with E-state index in [9.17, 15) is 14.4 Å². The zero-order valence-electron chi connectivity index (χ0n) is 9.17. The van der Waals surface area contributed by atoms with Gasteiger partial charge in [-0.3, -0.25) is 14.4 Å². The van der Waals surface area contributed by atoms with Crippen LogP contribution < -0.4 is 0 Å². The summed E-state index contributed by atoms with van der Waals surface area (Å²) in [6.07, 6.45) is 0. The molecular formula is C9H15NO5S. The van der Waals surface area contributed by atoms with Crippen molar-refractivity contribution in [2.75, 3.05) is 18.1 Å². The van der Waals surface area contributed by atoms with Crippen molar-refractivity contribution < 1.29 is 24.6 Å². The lowest BCUT2D eigenvalue weighted by molar-refractivity contribution is -0.144. The van der Waals surface area contributed by atoms with Gasteiger partial charge in [-0.2, -0.15) is 0 Å². The van der Waals surface area contributed by atoms with Gasteiger partial charge in [0.05, 0.1) is 11.5 Å². The predicted molar refractivity (Wildman–Crippen MR) is 59.4 cm³/mol. The number of carbonyl (C=O) groups excluding carboxylic acids is 1. The van der Waals surface area contributed by atoms with Gasteiger partial charge in [-0.25, -0.2) is 0 Å². The van der Waals surface area contributed by atoms with E-state index in [0.717, 1.165) is 11.8 Å². The van der Waals surface area contributed by atoms with Gasteiger partial charge in [0.2, 0.25) is 5.91 Å². The van der Waals surface area contributed by atoms with Crippen LogP contribution in [0.3, 0.4) is 0 Å². The number of amides is 1. The number of hydrogen-bond acceptors (Lipinski definition) is 4. The molecule has 92 valence electrons. The first-order valence-electron chi connectivity index (χ1n) is 4.65. The van der Waals surface area contributed by atoms with Gasteiger partial charge >= 0.3 is 11.9 Å². The Labute approximate surface area is 97.6 Å². The topological polar surface area (TPSA) is 94.9 Å². The van der Waals surface area contributed by atoms with Gasteiger partial charge in [0.1, 0.15) is 6.54 Å². The lowest BCUT2D eigenvalue weighted by Crippen LogP contribution is -2.41. The van der Waals surface area contributed by atoms with Crippen molar-refractivity contribution in [2.24, 2.45) is 0 Å². The summed E-state index contributed by atoms with van der Waals surface area (Å²) in [6, 6.07) is -0.214. The fraction of sp³-hybridized carbons (Fsp3) is 0.667. The number of aliphatic carboxylic acids is 2. The summed E-state index contributed by atoms with van der Waals surface area (Å²) >= 11 is 0.959. The van der Waals surface area contributed by atoms with Crippen molar-refractivity contribution in [3.05, 3.63) is 0 Å². The summed E-state index contributed by atoms with van der Waals surface area (Å²) in [5, 5.41) is 17.0. The van der Waals surface area contributed by atoms with Crippen LogP contribution in [0.1, 0.15) is 13.8 Å². The second-order valence-electron chi connectivity index (χ2n) is 3.40. The Hall–Kier alpha value is -1.24. The smallest absolute Gasteiger partial charge is 0.323 e. The van der Waals surface area contributed by atoms with Crippen LogP contribution in [0.2, 0.25) is 0 Å². The van der Waals surface area contributed by atoms with Crippen LogP contribution in [0.4, 0.5) is 0 Å². The number of nitrogens with zero attached hydrogens (tertiary/aromatic N) is 1. The number of carboxylic acids is 2. The maximum Gasteiger partial charge on any atom is 0.323 e. The third-order valence-corrected chi connectivity index (χ3v) is 2.60. The highest BCUT2D eigenvalue weighted by atomic mass is 32.2. The highest BCUT2D eigenvalue weighted by Gasteiger charge is 2.19. The SMILES string of the molecule is CC(C)N(CC(=O)O)C(=O)CSCC(=O)O. The van der Waals surface area contributed by atoms with Gasteiger partial charge < -0.3 is 15.1 Å². The van der Waals surface area contributed by atoms with Crippen LogP contribution in [-0.2, 0) is 14.4 Å². The van der Waals surface area contributed by atoms with Crippen LogP contribution in [0, 0.1) is 0 Å². The van der Waals surface area contributed by atoms with Crippen molar-refractivity contribution in [1.82, 2.24) is 4.90 Å². The van der Waals surface area contributed by atoms with Gasteiger partial charge in [0.25, 0.3) is 0 Å². The third kappa shape index (κ3) is 6.28. The second-order valence-corrected chi connectivity index (χ2v) is 4.38. The molecule has 0 heterocycles. The first kappa shape index (κ1) is 14.8. The Morgan fingerprint density at radius 2 is 1.69 bits per heavy atom. The molecule has 0 saturated carbocycles. The van der Waals surface area contributed by atoms with E-state index in [1.54, 1.807) is 13.8 Å². The van der Waals surface area contributed by atoms with Crippen LogP contribution in [0.15, 0.2) is 0 Å². The summed E-state index contributed by atoms with van der Waals surface area (Å²) in [6.45, 7) is 3.07. The zero-order valence-corrected chi connectivity index (χ0v) is 9.99. The van der Waals surface area contributed by atoms with Gasteiger partial charge in [0, 0.05) is 6.04 Å². The molecule has 0 fully saturated rings. The van der Waals surface area contributed by atoms with Crippen LogP contribution in [-0.4, -0.2) is 57.1 Å². The maximum atomic E-state index is 11.6. The number of rotatable bonds is 7. The first-order chi connectivity index (χ1) is 7.34. The third-order valence-electron chi connectivity index (χ3n) is 1.70. The number of hydrogen-bond donors (Lipinski definition) is 2. The maximum absolute atomic E-state index is 11.6. The highest BCUT2D eigenvalue weighted by Crippen LogP contribution is 2.05. The van der Waals surface area contributed by atoms with Crippen molar-refractivity contribution in [2.45, 2.75) is 19.9 Å². The molecule has 16 heavy (non-hydrogen) atoms. The summed E-state index contributed by atoms with van der Waals surface area (Å²) in [4.78, 5) is 33.5. The van der Waals surface area contributed by atoms with E-state index in [1.165, 1.54) is 4.90 Å². The molecule has 0 aromatic rings. The zero-order chi connectivity index (χ0) is 12.7. The molecule has 7 heteroatoms. The molecule has 1 amide bonds. The van der Waals surface area contributed by atoms with Gasteiger partial charge in [-0.05, 0) is 13.8 Å². The van der Waals surface area contributed by atoms with E-state index in [2.05, 4.69) is 0 Å². The standard InChI is InChI=1S/C9H15NO5S/c1-6(2)10(3-8(12)13)7(11)4-16-5-9(14)15/h6H,3-5H2,1-2H3,(H,12,13)(H,14,15). The van der Waals surface area contributed by atoms with Crippen molar-refractivity contribution in [3.63, 3.8) is 0 Å². The van der Waals surface area contributed by atoms with Gasteiger partial charge in [-0.1, -0.05) is 0 Å². The Kier molecular flexibility index (Phi) is 6.55. The fourth-order valence-electron chi connectivity index (χ4n) is 1.01. The number of carboxylic acid groups (broad SMARTS) is 2. The Morgan fingerprint density at radius 3 is 2.06 bits per heavy atom. The Morgan fingerprint density at radius 1 is 1.12 bits per heavy atom. The summed E-state index contributed by atoms with van der Waals surface area (Å²) < 4.78 is 0. The van der Waals surface area contributed by atoms with E-state index in [1.807, 2.05) is 0 Å². The molecule has 2 N–H and O–H groups in total. The molecule has 0 radical (unpaired) electrons. The highest BCUT2D eigenvalue weighted by molar-refractivity contribution is 8.00. The van der Waals surface area contributed by atoms with E-state index in [4.69, 9.17) is 10.2 Å². The molecule has 0 spiro atoms. The molecule has 0 saturated heterocycles. The van der Waals surface area contributed by atoms with Crippen molar-refractivity contribution in [3.8, 4) is 0 Å². The van der Waals surface area contributed by atoms with E-state index < -0.39 is 11.9 Å². The lowest BCUT2D eigenvalue weighted by atomic mass is 10.3.